The number of benzene rings is 3. The van der Waals surface area contributed by atoms with E-state index in [9.17, 15) is 14.0 Å². The van der Waals surface area contributed by atoms with Gasteiger partial charge in [0.1, 0.15) is 18.0 Å². The molecule has 1 fully saturated rings. The molecule has 0 bridgehead atoms. The van der Waals surface area contributed by atoms with Crippen LogP contribution in [0.15, 0.2) is 72.3 Å². The highest BCUT2D eigenvalue weighted by Gasteiger charge is 2.34. The highest BCUT2D eigenvalue weighted by molar-refractivity contribution is 6.33. The number of rotatable bonds is 7. The van der Waals surface area contributed by atoms with Crippen molar-refractivity contribution in [3.8, 4) is 11.5 Å². The molecule has 3 aromatic carbocycles. The SMILES string of the molecule is CCOc1cc(C=C2C(=O)NN(c3ccc(F)cc3)C2=O)cc(Cl)c1OCc1ccccc1. The Kier molecular flexibility index (Phi) is 6.60. The second kappa shape index (κ2) is 9.75. The Morgan fingerprint density at radius 2 is 1.76 bits per heavy atom. The van der Waals surface area contributed by atoms with Crippen LogP contribution < -0.4 is 19.9 Å². The molecule has 33 heavy (non-hydrogen) atoms. The van der Waals surface area contributed by atoms with Crippen LogP contribution in [0.1, 0.15) is 18.1 Å². The lowest BCUT2D eigenvalue weighted by Gasteiger charge is -2.15. The Hall–Kier alpha value is -3.84. The van der Waals surface area contributed by atoms with Gasteiger partial charge in [-0.05, 0) is 60.5 Å². The summed E-state index contributed by atoms with van der Waals surface area (Å²) >= 11 is 6.47. The molecule has 0 spiro atoms. The van der Waals surface area contributed by atoms with Gasteiger partial charge >= 0.3 is 0 Å². The summed E-state index contributed by atoms with van der Waals surface area (Å²) in [7, 11) is 0. The predicted molar refractivity (Wildman–Crippen MR) is 123 cm³/mol. The van der Waals surface area contributed by atoms with Crippen LogP contribution in [0, 0.1) is 5.82 Å². The van der Waals surface area contributed by atoms with Crippen molar-refractivity contribution in [2.24, 2.45) is 0 Å². The predicted octanol–water partition coefficient (Wildman–Crippen LogP) is 4.92. The fraction of sp³-hybridized carbons (Fsp3) is 0.120. The Bertz CT molecular complexity index is 1210. The van der Waals surface area contributed by atoms with E-state index in [1.165, 1.54) is 30.3 Å². The molecule has 6 nitrogen and oxygen atoms in total. The van der Waals surface area contributed by atoms with Crippen molar-refractivity contribution < 1.29 is 23.5 Å². The molecule has 1 aliphatic rings. The van der Waals surface area contributed by atoms with Gasteiger partial charge in [-0.1, -0.05) is 41.9 Å². The van der Waals surface area contributed by atoms with E-state index in [0.29, 0.717) is 36.0 Å². The van der Waals surface area contributed by atoms with E-state index >= 15 is 0 Å². The van der Waals surface area contributed by atoms with Gasteiger partial charge in [0.2, 0.25) is 0 Å². The van der Waals surface area contributed by atoms with Crippen LogP contribution in [0.4, 0.5) is 10.1 Å². The molecule has 0 aromatic heterocycles. The average molecular weight is 467 g/mol. The lowest BCUT2D eigenvalue weighted by atomic mass is 10.1. The van der Waals surface area contributed by atoms with Gasteiger partial charge in [0.25, 0.3) is 11.8 Å². The van der Waals surface area contributed by atoms with E-state index < -0.39 is 17.6 Å². The van der Waals surface area contributed by atoms with Gasteiger partial charge in [-0.25, -0.2) is 9.40 Å². The van der Waals surface area contributed by atoms with Gasteiger partial charge in [0, 0.05) is 0 Å². The van der Waals surface area contributed by atoms with Crippen LogP contribution in [-0.4, -0.2) is 18.4 Å². The van der Waals surface area contributed by atoms with Crippen molar-refractivity contribution in [2.45, 2.75) is 13.5 Å². The topological polar surface area (TPSA) is 67.9 Å². The van der Waals surface area contributed by atoms with Crippen molar-refractivity contribution in [1.82, 2.24) is 5.43 Å². The first-order valence-electron chi connectivity index (χ1n) is 10.2. The van der Waals surface area contributed by atoms with Crippen LogP contribution in [0.25, 0.3) is 6.08 Å². The minimum absolute atomic E-state index is 0.0872. The summed E-state index contributed by atoms with van der Waals surface area (Å²) in [5.41, 5.74) is 4.20. The number of nitrogens with zero attached hydrogens (tertiary/aromatic N) is 1. The van der Waals surface area contributed by atoms with Gasteiger partial charge < -0.3 is 9.47 Å². The molecule has 0 radical (unpaired) electrons. The zero-order valence-electron chi connectivity index (χ0n) is 17.7. The number of nitrogens with one attached hydrogen (secondary N) is 1. The second-order valence-electron chi connectivity index (χ2n) is 7.15. The summed E-state index contributed by atoms with van der Waals surface area (Å²) in [6.07, 6.45) is 1.43. The zero-order valence-corrected chi connectivity index (χ0v) is 18.4. The Morgan fingerprint density at radius 3 is 2.45 bits per heavy atom. The van der Waals surface area contributed by atoms with Gasteiger partial charge in [-0.15, -0.1) is 0 Å². The lowest BCUT2D eigenvalue weighted by molar-refractivity contribution is -0.117. The Labute approximate surface area is 195 Å². The monoisotopic (exact) mass is 466 g/mol. The molecule has 3 aromatic rings. The molecule has 2 amide bonds. The summed E-state index contributed by atoms with van der Waals surface area (Å²) in [4.78, 5) is 25.3. The average Bonchev–Trinajstić information content (AvgIpc) is 3.08. The maximum atomic E-state index is 13.2. The Morgan fingerprint density at radius 1 is 1.03 bits per heavy atom. The first-order chi connectivity index (χ1) is 16.0. The third-order valence-corrected chi connectivity index (χ3v) is 5.13. The molecule has 0 atom stereocenters. The normalized spacial score (nSPS) is 14.5. The fourth-order valence-electron chi connectivity index (χ4n) is 3.30. The number of hydrazine groups is 1. The summed E-state index contributed by atoms with van der Waals surface area (Å²) in [6.45, 7) is 2.50. The van der Waals surface area contributed by atoms with Crippen molar-refractivity contribution in [3.05, 3.63) is 94.3 Å². The highest BCUT2D eigenvalue weighted by atomic mass is 35.5. The highest BCUT2D eigenvalue weighted by Crippen LogP contribution is 2.38. The van der Waals surface area contributed by atoms with E-state index in [1.807, 2.05) is 37.3 Å². The van der Waals surface area contributed by atoms with Crippen LogP contribution in [-0.2, 0) is 16.2 Å². The molecule has 168 valence electrons. The maximum Gasteiger partial charge on any atom is 0.282 e. The van der Waals surface area contributed by atoms with Gasteiger partial charge in [0.15, 0.2) is 11.5 Å². The van der Waals surface area contributed by atoms with Crippen LogP contribution in [0.3, 0.4) is 0 Å². The summed E-state index contributed by atoms with van der Waals surface area (Å²) in [6, 6.07) is 18.1. The number of ether oxygens (including phenoxy) is 2. The van der Waals surface area contributed by atoms with Crippen molar-refractivity contribution in [2.75, 3.05) is 11.6 Å². The molecule has 1 heterocycles. The van der Waals surface area contributed by atoms with Crippen molar-refractivity contribution in [1.29, 1.82) is 0 Å². The number of anilines is 1. The third kappa shape index (κ3) is 4.99. The van der Waals surface area contributed by atoms with E-state index in [4.69, 9.17) is 21.1 Å². The molecule has 0 saturated carbocycles. The number of carbonyl (C=O) groups is 2. The molecular weight excluding hydrogens is 447 g/mol. The minimum atomic E-state index is -0.581. The van der Waals surface area contributed by atoms with E-state index in [0.717, 1.165) is 10.6 Å². The van der Waals surface area contributed by atoms with Gasteiger partial charge in [-0.2, -0.15) is 0 Å². The van der Waals surface area contributed by atoms with Crippen LogP contribution in [0.2, 0.25) is 5.02 Å². The molecule has 1 aliphatic heterocycles. The number of halogens is 2. The van der Waals surface area contributed by atoms with E-state index in [-0.39, 0.29) is 10.6 Å². The summed E-state index contributed by atoms with van der Waals surface area (Å²) in [5, 5.41) is 1.35. The molecular formula is C25H20ClFN2O4. The molecule has 0 aliphatic carbocycles. The van der Waals surface area contributed by atoms with Crippen molar-refractivity contribution in [3.63, 3.8) is 0 Å². The van der Waals surface area contributed by atoms with Crippen molar-refractivity contribution >= 4 is 35.2 Å². The minimum Gasteiger partial charge on any atom is -0.490 e. The smallest absolute Gasteiger partial charge is 0.282 e. The first-order valence-corrected chi connectivity index (χ1v) is 10.6. The maximum absolute atomic E-state index is 13.2. The first kappa shape index (κ1) is 22.4. The number of hydrogen-bond donors (Lipinski definition) is 1. The molecule has 1 saturated heterocycles. The van der Waals surface area contributed by atoms with E-state index in [1.54, 1.807) is 12.1 Å². The quantitative estimate of drug-likeness (QED) is 0.396. The van der Waals surface area contributed by atoms with Crippen LogP contribution >= 0.6 is 11.6 Å². The molecule has 4 rings (SSSR count). The van der Waals surface area contributed by atoms with Gasteiger partial charge in [0.05, 0.1) is 17.3 Å². The van der Waals surface area contributed by atoms with Crippen LogP contribution in [0.5, 0.6) is 11.5 Å². The van der Waals surface area contributed by atoms with E-state index in [2.05, 4.69) is 5.43 Å². The summed E-state index contributed by atoms with van der Waals surface area (Å²) < 4.78 is 24.8. The number of carbonyl (C=O) groups excluding carboxylic acids is 2. The fourth-order valence-corrected chi connectivity index (χ4v) is 3.57. The third-order valence-electron chi connectivity index (χ3n) is 4.84. The number of hydrogen-bond acceptors (Lipinski definition) is 4. The van der Waals surface area contributed by atoms with Gasteiger partial charge in [-0.3, -0.25) is 15.0 Å². The standard InChI is InChI=1S/C25H20ClFN2O4/c1-2-32-22-14-17(13-21(26)23(22)33-15-16-6-4-3-5-7-16)12-20-24(30)28-29(25(20)31)19-10-8-18(27)9-11-19/h3-14H,2,15H2,1H3,(H,28,30). The second-order valence-corrected chi connectivity index (χ2v) is 7.56. The Balaban J connectivity index is 1.61. The molecule has 8 heteroatoms. The zero-order chi connectivity index (χ0) is 23.4. The number of amides is 2. The summed E-state index contributed by atoms with van der Waals surface area (Å²) in [5.74, 6) is -0.818. The molecule has 1 N–H and O–H groups in total. The lowest BCUT2D eigenvalue weighted by Crippen LogP contribution is -2.35. The molecule has 0 unspecified atom stereocenters. The largest absolute Gasteiger partial charge is 0.490 e.